The van der Waals surface area contributed by atoms with E-state index >= 15 is 0 Å². The highest BCUT2D eigenvalue weighted by Gasteiger charge is 2.16. The van der Waals surface area contributed by atoms with Gasteiger partial charge in [-0.1, -0.05) is 51.8 Å². The van der Waals surface area contributed by atoms with E-state index in [-0.39, 0.29) is 5.75 Å². The lowest BCUT2D eigenvalue weighted by molar-refractivity contribution is 0.466. The number of phenols is 1. The molecule has 2 nitrogen and oxygen atoms in total. The van der Waals surface area contributed by atoms with Gasteiger partial charge in [-0.05, 0) is 46.7 Å². The Hall–Kier alpha value is -1.55. The smallest absolute Gasteiger partial charge is 0.121 e. The van der Waals surface area contributed by atoms with Crippen molar-refractivity contribution in [3.05, 3.63) is 75.2 Å². The minimum Gasteiger partial charge on any atom is -0.508 e. The van der Waals surface area contributed by atoms with E-state index in [1.54, 1.807) is 18.2 Å². The quantitative estimate of drug-likeness (QED) is 0.673. The Morgan fingerprint density at radius 3 is 2.43 bits per heavy atom. The lowest BCUT2D eigenvalue weighted by Crippen LogP contribution is -2.12. The predicted octanol–water partition coefficient (Wildman–Crippen LogP) is 5.01. The van der Waals surface area contributed by atoms with Crippen molar-refractivity contribution in [2.24, 2.45) is 5.73 Å². The van der Waals surface area contributed by atoms with Crippen LogP contribution in [0.25, 0.3) is 10.8 Å². The number of halogens is 2. The van der Waals surface area contributed by atoms with E-state index in [0.29, 0.717) is 5.02 Å². The van der Waals surface area contributed by atoms with Gasteiger partial charge in [-0.25, -0.2) is 0 Å². The molecular weight excluding hydrogens is 350 g/mol. The minimum absolute atomic E-state index is 0.201. The third-order valence-corrected chi connectivity index (χ3v) is 4.29. The summed E-state index contributed by atoms with van der Waals surface area (Å²) in [5, 5.41) is 12.9. The van der Waals surface area contributed by atoms with Crippen molar-refractivity contribution in [2.45, 2.75) is 6.04 Å². The Balaban J connectivity index is 2.18. The van der Waals surface area contributed by atoms with Crippen molar-refractivity contribution in [3.8, 4) is 5.75 Å². The van der Waals surface area contributed by atoms with Crippen molar-refractivity contribution in [1.82, 2.24) is 0 Å². The van der Waals surface area contributed by atoms with E-state index in [2.05, 4.69) is 15.9 Å². The SMILES string of the molecule is N[C@H](c1ccc(Cl)cc1)c1c(O)ccc2cc(Br)ccc12. The van der Waals surface area contributed by atoms with E-state index < -0.39 is 6.04 Å². The fourth-order valence-corrected chi connectivity index (χ4v) is 2.98. The maximum absolute atomic E-state index is 10.2. The summed E-state index contributed by atoms with van der Waals surface area (Å²) in [5.74, 6) is 0.201. The average Bonchev–Trinajstić information content (AvgIpc) is 2.47. The molecule has 3 aromatic rings. The summed E-state index contributed by atoms with van der Waals surface area (Å²) in [4.78, 5) is 0. The van der Waals surface area contributed by atoms with Crippen LogP contribution in [-0.2, 0) is 0 Å². The van der Waals surface area contributed by atoms with Gasteiger partial charge < -0.3 is 10.8 Å². The Kier molecular flexibility index (Phi) is 3.89. The topological polar surface area (TPSA) is 46.2 Å². The van der Waals surface area contributed by atoms with Crippen LogP contribution in [0, 0.1) is 0 Å². The molecule has 0 unspecified atom stereocenters. The van der Waals surface area contributed by atoms with Crippen LogP contribution in [0.1, 0.15) is 17.2 Å². The normalized spacial score (nSPS) is 12.5. The second-order valence-electron chi connectivity index (χ2n) is 4.89. The van der Waals surface area contributed by atoms with Gasteiger partial charge in [0.15, 0.2) is 0 Å². The maximum Gasteiger partial charge on any atom is 0.121 e. The summed E-state index contributed by atoms with van der Waals surface area (Å²) in [6, 6.07) is 16.4. The van der Waals surface area contributed by atoms with E-state index in [1.807, 2.05) is 36.4 Å². The maximum atomic E-state index is 10.2. The molecule has 3 N–H and O–H groups in total. The molecule has 0 aliphatic heterocycles. The van der Waals surface area contributed by atoms with Gasteiger partial charge in [0.2, 0.25) is 0 Å². The van der Waals surface area contributed by atoms with Gasteiger partial charge in [0.05, 0.1) is 6.04 Å². The van der Waals surface area contributed by atoms with Gasteiger partial charge in [-0.2, -0.15) is 0 Å². The van der Waals surface area contributed by atoms with Crippen LogP contribution in [0.4, 0.5) is 0 Å². The number of rotatable bonds is 2. The number of nitrogens with two attached hydrogens (primary N) is 1. The summed E-state index contributed by atoms with van der Waals surface area (Å²) in [5.41, 5.74) is 7.99. The second kappa shape index (κ2) is 5.68. The molecule has 1 atom stereocenters. The van der Waals surface area contributed by atoms with E-state index in [1.165, 1.54) is 0 Å². The number of phenolic OH excluding ortho intramolecular Hbond substituents is 1. The zero-order chi connectivity index (χ0) is 15.0. The molecule has 0 fully saturated rings. The summed E-state index contributed by atoms with van der Waals surface area (Å²) >= 11 is 9.37. The summed E-state index contributed by atoms with van der Waals surface area (Å²) in [6.45, 7) is 0. The fraction of sp³-hybridized carbons (Fsp3) is 0.0588. The first-order valence-electron chi connectivity index (χ1n) is 6.48. The van der Waals surface area contributed by atoms with Crippen molar-refractivity contribution in [1.29, 1.82) is 0 Å². The standard InChI is InChI=1S/C17H13BrClNO/c18-12-4-7-14-11(9-12)3-8-15(21)16(14)17(20)10-1-5-13(19)6-2-10/h1-9,17,21H,20H2/t17-/m1/s1. The molecule has 3 rings (SSSR count). The van der Waals surface area contributed by atoms with Crippen molar-refractivity contribution in [2.75, 3.05) is 0 Å². The summed E-state index contributed by atoms with van der Waals surface area (Å²) < 4.78 is 0.992. The van der Waals surface area contributed by atoms with Crippen LogP contribution in [0.2, 0.25) is 5.02 Å². The number of fused-ring (bicyclic) bond motifs is 1. The lowest BCUT2D eigenvalue weighted by Gasteiger charge is -2.17. The predicted molar refractivity (Wildman–Crippen MR) is 90.8 cm³/mol. The molecule has 0 saturated carbocycles. The molecule has 0 radical (unpaired) electrons. The largest absolute Gasteiger partial charge is 0.508 e. The molecule has 0 amide bonds. The molecule has 21 heavy (non-hydrogen) atoms. The van der Waals surface area contributed by atoms with E-state index in [0.717, 1.165) is 26.4 Å². The molecule has 4 heteroatoms. The summed E-state index contributed by atoms with van der Waals surface area (Å²) in [6.07, 6.45) is 0. The monoisotopic (exact) mass is 361 g/mol. The second-order valence-corrected chi connectivity index (χ2v) is 6.25. The molecule has 3 aromatic carbocycles. The van der Waals surface area contributed by atoms with Gasteiger partial charge in [0.1, 0.15) is 5.75 Å². The zero-order valence-corrected chi connectivity index (χ0v) is 13.4. The fourth-order valence-electron chi connectivity index (χ4n) is 2.48. The Bertz CT molecular complexity index is 802. The molecule has 0 bridgehead atoms. The molecule has 106 valence electrons. The van der Waals surface area contributed by atoms with Crippen LogP contribution in [0.3, 0.4) is 0 Å². The van der Waals surface area contributed by atoms with Gasteiger partial charge in [-0.3, -0.25) is 0 Å². The number of aromatic hydroxyl groups is 1. The minimum atomic E-state index is -0.410. The highest BCUT2D eigenvalue weighted by atomic mass is 79.9. The van der Waals surface area contributed by atoms with Gasteiger partial charge in [-0.15, -0.1) is 0 Å². The Morgan fingerprint density at radius 2 is 1.71 bits per heavy atom. The molecule has 0 spiro atoms. The third-order valence-electron chi connectivity index (χ3n) is 3.54. The molecule has 0 aliphatic carbocycles. The molecule has 0 aromatic heterocycles. The van der Waals surface area contributed by atoms with Crippen LogP contribution in [-0.4, -0.2) is 5.11 Å². The van der Waals surface area contributed by atoms with Crippen LogP contribution in [0.15, 0.2) is 59.1 Å². The molecule has 0 saturated heterocycles. The van der Waals surface area contributed by atoms with Gasteiger partial charge in [0, 0.05) is 15.1 Å². The van der Waals surface area contributed by atoms with E-state index in [4.69, 9.17) is 17.3 Å². The summed E-state index contributed by atoms with van der Waals surface area (Å²) in [7, 11) is 0. The van der Waals surface area contributed by atoms with Gasteiger partial charge >= 0.3 is 0 Å². The molecule has 0 aliphatic rings. The van der Waals surface area contributed by atoms with Crippen LogP contribution in [0.5, 0.6) is 5.75 Å². The van der Waals surface area contributed by atoms with E-state index in [9.17, 15) is 5.11 Å². The number of hydrogen-bond donors (Lipinski definition) is 2. The highest BCUT2D eigenvalue weighted by Crippen LogP contribution is 2.35. The van der Waals surface area contributed by atoms with Gasteiger partial charge in [0.25, 0.3) is 0 Å². The van der Waals surface area contributed by atoms with Crippen molar-refractivity contribution >= 4 is 38.3 Å². The Morgan fingerprint density at radius 1 is 1.00 bits per heavy atom. The number of benzene rings is 3. The number of hydrogen-bond acceptors (Lipinski definition) is 2. The van der Waals surface area contributed by atoms with Crippen molar-refractivity contribution < 1.29 is 5.11 Å². The highest BCUT2D eigenvalue weighted by molar-refractivity contribution is 9.10. The lowest BCUT2D eigenvalue weighted by atomic mass is 9.93. The zero-order valence-electron chi connectivity index (χ0n) is 11.1. The van der Waals surface area contributed by atoms with Crippen LogP contribution >= 0.6 is 27.5 Å². The van der Waals surface area contributed by atoms with Crippen LogP contribution < -0.4 is 5.73 Å². The first kappa shape index (κ1) is 14.4. The van der Waals surface area contributed by atoms with Crippen molar-refractivity contribution in [3.63, 3.8) is 0 Å². The Labute approximate surface area is 136 Å². The first-order chi connectivity index (χ1) is 10.1. The third kappa shape index (κ3) is 2.77. The molecular formula is C17H13BrClNO. The average molecular weight is 363 g/mol. The first-order valence-corrected chi connectivity index (χ1v) is 7.65. The molecule has 0 heterocycles.